The molecule has 1 aromatic carbocycles. The van der Waals surface area contributed by atoms with E-state index in [-0.39, 0.29) is 0 Å². The minimum Gasteiger partial charge on any atom is -0.230 e. The number of aryl methyl sites for hydroxylation is 2. The van der Waals surface area contributed by atoms with Crippen LogP contribution in [-0.4, -0.2) is 4.57 Å². The summed E-state index contributed by atoms with van der Waals surface area (Å²) >= 11 is 0. The second-order valence-corrected chi connectivity index (χ2v) is 7.80. The second-order valence-electron chi connectivity index (χ2n) is 7.80. The Morgan fingerprint density at radius 1 is 1.00 bits per heavy atom. The number of hydrogen-bond donors (Lipinski definition) is 0. The van der Waals surface area contributed by atoms with E-state index in [0.29, 0.717) is 0 Å². The molecule has 2 nitrogen and oxygen atoms in total. The number of imidazole rings is 1. The first-order valence-electron chi connectivity index (χ1n) is 9.85. The Labute approximate surface area is 160 Å². The van der Waals surface area contributed by atoms with Crippen molar-refractivity contribution in [3.63, 3.8) is 0 Å². The van der Waals surface area contributed by atoms with Crippen LogP contribution in [0.5, 0.6) is 0 Å². The van der Waals surface area contributed by atoms with Crippen LogP contribution in [0.2, 0.25) is 0 Å². The van der Waals surface area contributed by atoms with Crippen molar-refractivity contribution in [3.8, 4) is 0 Å². The highest BCUT2D eigenvalue weighted by Gasteiger charge is 2.24. The number of aromatic nitrogens is 2. The maximum atomic E-state index is 2.42. The summed E-state index contributed by atoms with van der Waals surface area (Å²) in [7, 11) is 2.12. The lowest BCUT2D eigenvalue weighted by atomic mass is 9.92. The molecule has 1 saturated carbocycles. The van der Waals surface area contributed by atoms with E-state index in [0.717, 1.165) is 12.3 Å². The highest BCUT2D eigenvalue weighted by atomic mass is 15.1. The van der Waals surface area contributed by atoms with Crippen LogP contribution >= 0.6 is 0 Å². The van der Waals surface area contributed by atoms with E-state index in [2.05, 4.69) is 96.0 Å². The van der Waals surface area contributed by atoms with Crippen molar-refractivity contribution in [2.24, 2.45) is 7.05 Å². The van der Waals surface area contributed by atoms with E-state index in [1.54, 1.807) is 0 Å². The van der Waals surface area contributed by atoms with Gasteiger partial charge < -0.3 is 0 Å². The maximum absolute atomic E-state index is 2.42. The molecule has 0 N–H and O–H groups in total. The zero-order chi connectivity index (χ0) is 18.4. The van der Waals surface area contributed by atoms with Crippen LogP contribution in [0, 0.1) is 6.92 Å². The fourth-order valence-electron chi connectivity index (χ4n) is 4.09. The van der Waals surface area contributed by atoms with E-state index in [4.69, 9.17) is 0 Å². The van der Waals surface area contributed by atoms with Crippen LogP contribution in [0.15, 0.2) is 73.1 Å². The third-order valence-corrected chi connectivity index (χ3v) is 5.91. The van der Waals surface area contributed by atoms with Crippen LogP contribution in [-0.2, 0) is 7.05 Å². The van der Waals surface area contributed by atoms with Crippen LogP contribution in [0.4, 0.5) is 0 Å². The quantitative estimate of drug-likeness (QED) is 0.559. The normalized spacial score (nSPS) is 17.0. The molecule has 0 spiro atoms. The summed E-state index contributed by atoms with van der Waals surface area (Å²) in [6.45, 7) is 2.15. The van der Waals surface area contributed by atoms with Gasteiger partial charge in [-0.1, -0.05) is 48.6 Å². The van der Waals surface area contributed by atoms with Crippen molar-refractivity contribution in [1.29, 1.82) is 0 Å². The van der Waals surface area contributed by atoms with Gasteiger partial charge in [0.25, 0.3) is 5.65 Å². The monoisotopic (exact) mass is 353 g/mol. The van der Waals surface area contributed by atoms with E-state index >= 15 is 0 Å². The first kappa shape index (κ1) is 16.3. The molecule has 2 heterocycles. The van der Waals surface area contributed by atoms with Crippen molar-refractivity contribution in [2.45, 2.75) is 32.1 Å². The Balaban J connectivity index is 1.67. The molecule has 2 aliphatic rings. The predicted molar refractivity (Wildman–Crippen MR) is 111 cm³/mol. The zero-order valence-corrected chi connectivity index (χ0v) is 16.0. The molecule has 0 amide bonds. The Kier molecular flexibility index (Phi) is 3.86. The van der Waals surface area contributed by atoms with Gasteiger partial charge in [-0.2, -0.15) is 0 Å². The van der Waals surface area contributed by atoms with E-state index in [9.17, 15) is 0 Å². The fraction of sp³-hybridized carbons (Fsp3) is 0.240. The number of rotatable bonds is 3. The molecular weight excluding hydrogens is 328 g/mol. The number of allylic oxidation sites excluding steroid dienone is 6. The van der Waals surface area contributed by atoms with Gasteiger partial charge in [-0.3, -0.25) is 0 Å². The van der Waals surface area contributed by atoms with Gasteiger partial charge >= 0.3 is 0 Å². The molecule has 134 valence electrons. The fourth-order valence-corrected chi connectivity index (χ4v) is 4.09. The summed E-state index contributed by atoms with van der Waals surface area (Å²) in [5, 5.41) is 0. The molecule has 0 unspecified atom stereocenters. The minimum absolute atomic E-state index is 0.782. The minimum atomic E-state index is 0.782. The lowest BCUT2D eigenvalue weighted by Crippen LogP contribution is -2.19. The summed E-state index contributed by atoms with van der Waals surface area (Å²) < 4.78 is 4.46. The smallest absolute Gasteiger partial charge is 0.230 e. The van der Waals surface area contributed by atoms with E-state index in [1.165, 1.54) is 52.0 Å². The van der Waals surface area contributed by atoms with Crippen LogP contribution in [0.25, 0.3) is 16.8 Å². The molecule has 5 rings (SSSR count). The van der Waals surface area contributed by atoms with Crippen molar-refractivity contribution < 1.29 is 4.40 Å². The Hall–Kier alpha value is -2.87. The zero-order valence-electron chi connectivity index (χ0n) is 16.0. The lowest BCUT2D eigenvalue weighted by Gasteiger charge is -2.13. The number of fused-ring (bicyclic) bond motifs is 1. The van der Waals surface area contributed by atoms with Crippen molar-refractivity contribution in [2.75, 3.05) is 0 Å². The Bertz CT molecular complexity index is 1120. The SMILES string of the molecule is Cc1c[n+]2cc(C3=C(c4cccc(C5CC5)c4)CC=CC=C3)ccc2n1C. The third kappa shape index (κ3) is 2.95. The number of hydrogen-bond acceptors (Lipinski definition) is 0. The average Bonchev–Trinajstić information content (AvgIpc) is 3.51. The summed E-state index contributed by atoms with van der Waals surface area (Å²) in [4.78, 5) is 0. The summed E-state index contributed by atoms with van der Waals surface area (Å²) in [6, 6.07) is 13.7. The topological polar surface area (TPSA) is 9.03 Å². The van der Waals surface area contributed by atoms with Crippen molar-refractivity contribution in [1.82, 2.24) is 4.57 Å². The molecule has 27 heavy (non-hydrogen) atoms. The van der Waals surface area contributed by atoms with E-state index in [1.807, 2.05) is 0 Å². The summed E-state index contributed by atoms with van der Waals surface area (Å²) in [5.74, 6) is 0.782. The van der Waals surface area contributed by atoms with Crippen molar-refractivity contribution in [3.05, 3.63) is 95.5 Å². The van der Waals surface area contributed by atoms with E-state index < -0.39 is 0 Å². The molecule has 2 aromatic heterocycles. The third-order valence-electron chi connectivity index (χ3n) is 5.91. The maximum Gasteiger partial charge on any atom is 0.286 e. The Morgan fingerprint density at radius 2 is 1.89 bits per heavy atom. The molecule has 0 atom stereocenters. The number of benzene rings is 1. The highest BCUT2D eigenvalue weighted by Crippen LogP contribution is 2.41. The predicted octanol–water partition coefficient (Wildman–Crippen LogP) is 5.38. The van der Waals surface area contributed by atoms with Gasteiger partial charge in [-0.15, -0.1) is 0 Å². The highest BCUT2D eigenvalue weighted by molar-refractivity contribution is 5.96. The largest absolute Gasteiger partial charge is 0.286 e. The molecule has 2 heteroatoms. The van der Waals surface area contributed by atoms with Gasteiger partial charge in [-0.25, -0.2) is 8.97 Å². The molecule has 0 aliphatic heterocycles. The first-order chi connectivity index (χ1) is 13.2. The molecule has 1 fully saturated rings. The first-order valence-corrected chi connectivity index (χ1v) is 9.85. The van der Waals surface area contributed by atoms with Gasteiger partial charge in [0.05, 0.1) is 7.05 Å². The van der Waals surface area contributed by atoms with Gasteiger partial charge in [0, 0.05) is 18.6 Å². The molecule has 2 aliphatic carbocycles. The summed E-state index contributed by atoms with van der Waals surface area (Å²) in [5.41, 5.74) is 9.34. The van der Waals surface area contributed by atoms with Gasteiger partial charge in [0.15, 0.2) is 0 Å². The molecule has 0 radical (unpaired) electrons. The molecule has 0 bridgehead atoms. The van der Waals surface area contributed by atoms with Crippen LogP contribution in [0.1, 0.15) is 47.6 Å². The Morgan fingerprint density at radius 3 is 2.74 bits per heavy atom. The van der Waals surface area contributed by atoms with Crippen LogP contribution < -0.4 is 4.40 Å². The second kappa shape index (κ2) is 6.38. The standard InChI is InChI=1S/C25H25N2/c1-18-16-27-17-22(13-14-25(27)26(18)2)24-10-5-3-4-9-23(24)21-8-6-7-20(15-21)19-11-12-19/h3-8,10,13-17,19H,9,11-12H2,1-2H3/q+1. The molecule has 3 aromatic rings. The summed E-state index contributed by atoms with van der Waals surface area (Å²) in [6.07, 6.45) is 17.0. The molecular formula is C25H25N2+. The number of pyridine rings is 1. The lowest BCUT2D eigenvalue weighted by molar-refractivity contribution is -0.511. The van der Waals surface area contributed by atoms with Gasteiger partial charge in [-0.05, 0) is 53.5 Å². The van der Waals surface area contributed by atoms with Gasteiger partial charge in [0.2, 0.25) is 0 Å². The van der Waals surface area contributed by atoms with Gasteiger partial charge in [0.1, 0.15) is 18.1 Å². The number of nitrogens with zero attached hydrogens (tertiary/aromatic N) is 2. The average molecular weight is 353 g/mol. The van der Waals surface area contributed by atoms with Crippen molar-refractivity contribution >= 4 is 16.8 Å². The molecule has 0 saturated heterocycles. The van der Waals surface area contributed by atoms with Crippen LogP contribution in [0.3, 0.4) is 0 Å².